The Bertz CT molecular complexity index is 1110. The van der Waals surface area contributed by atoms with Gasteiger partial charge in [-0.1, -0.05) is 56.3 Å². The number of sulfonamides is 1. The summed E-state index contributed by atoms with van der Waals surface area (Å²) < 4.78 is 27.2. The third kappa shape index (κ3) is 5.33. The Hall–Kier alpha value is -3.12. The minimum absolute atomic E-state index is 0.201. The molecule has 0 fully saturated rings. The first-order valence-corrected chi connectivity index (χ1v) is 11.8. The van der Waals surface area contributed by atoms with Gasteiger partial charge in [0.15, 0.2) is 0 Å². The molecule has 6 heteroatoms. The second-order valence-electron chi connectivity index (χ2n) is 7.61. The molecule has 3 rings (SSSR count). The van der Waals surface area contributed by atoms with Crippen LogP contribution in [0.1, 0.15) is 48.2 Å². The standard InChI is InChI=1S/C25H28N2O3S/c1-4-27(31(29,30)24-8-6-5-7-9-24)23-16-14-22(15-17-23)25(28)26-18-20-10-12-21(13-11-20)19(2)3/h5-17,19H,4,18H2,1-3H3,(H,26,28). The van der Waals surface area contributed by atoms with E-state index in [9.17, 15) is 13.2 Å². The Morgan fingerprint density at radius 1 is 0.903 bits per heavy atom. The molecule has 0 bridgehead atoms. The lowest BCUT2D eigenvalue weighted by Gasteiger charge is -2.23. The largest absolute Gasteiger partial charge is 0.348 e. The van der Waals surface area contributed by atoms with Gasteiger partial charge in [-0.25, -0.2) is 8.42 Å². The van der Waals surface area contributed by atoms with Gasteiger partial charge in [-0.2, -0.15) is 0 Å². The summed E-state index contributed by atoms with van der Waals surface area (Å²) >= 11 is 0. The van der Waals surface area contributed by atoms with Crippen molar-refractivity contribution in [2.45, 2.75) is 38.1 Å². The number of amides is 1. The van der Waals surface area contributed by atoms with Crippen molar-refractivity contribution in [2.24, 2.45) is 0 Å². The van der Waals surface area contributed by atoms with Crippen molar-refractivity contribution in [2.75, 3.05) is 10.8 Å². The summed E-state index contributed by atoms with van der Waals surface area (Å²) in [6.07, 6.45) is 0. The lowest BCUT2D eigenvalue weighted by Crippen LogP contribution is -2.30. The van der Waals surface area contributed by atoms with Crippen LogP contribution < -0.4 is 9.62 Å². The molecule has 1 N–H and O–H groups in total. The highest BCUT2D eigenvalue weighted by Crippen LogP contribution is 2.24. The molecule has 5 nitrogen and oxygen atoms in total. The lowest BCUT2D eigenvalue weighted by atomic mass is 10.0. The zero-order chi connectivity index (χ0) is 22.4. The average Bonchev–Trinajstić information content (AvgIpc) is 2.79. The number of nitrogens with zero attached hydrogens (tertiary/aromatic N) is 1. The highest BCUT2D eigenvalue weighted by Gasteiger charge is 2.23. The number of anilines is 1. The fourth-order valence-corrected chi connectivity index (χ4v) is 4.79. The second-order valence-corrected chi connectivity index (χ2v) is 9.47. The summed E-state index contributed by atoms with van der Waals surface area (Å²) in [5, 5.41) is 2.91. The van der Waals surface area contributed by atoms with Gasteiger partial charge in [-0.3, -0.25) is 9.10 Å². The first-order valence-electron chi connectivity index (χ1n) is 10.4. The fourth-order valence-electron chi connectivity index (χ4n) is 3.29. The van der Waals surface area contributed by atoms with Gasteiger partial charge in [0.2, 0.25) is 0 Å². The van der Waals surface area contributed by atoms with E-state index in [4.69, 9.17) is 0 Å². The molecule has 0 aliphatic rings. The molecule has 0 aromatic heterocycles. The van der Waals surface area contributed by atoms with Crippen LogP contribution >= 0.6 is 0 Å². The van der Waals surface area contributed by atoms with Gasteiger partial charge >= 0.3 is 0 Å². The molecule has 3 aromatic carbocycles. The molecular formula is C25H28N2O3S. The van der Waals surface area contributed by atoms with E-state index in [1.807, 2.05) is 12.1 Å². The van der Waals surface area contributed by atoms with Gasteiger partial charge < -0.3 is 5.32 Å². The quantitative estimate of drug-likeness (QED) is 0.543. The molecular weight excluding hydrogens is 408 g/mol. The Balaban J connectivity index is 1.69. The fraction of sp³-hybridized carbons (Fsp3) is 0.240. The van der Waals surface area contributed by atoms with E-state index < -0.39 is 10.0 Å². The van der Waals surface area contributed by atoms with Crippen LogP contribution in [0.15, 0.2) is 83.8 Å². The Kier molecular flexibility index (Phi) is 7.13. The van der Waals surface area contributed by atoms with E-state index in [-0.39, 0.29) is 17.3 Å². The third-order valence-corrected chi connectivity index (χ3v) is 7.05. The van der Waals surface area contributed by atoms with Gasteiger partial charge in [-0.15, -0.1) is 0 Å². The zero-order valence-corrected chi connectivity index (χ0v) is 18.9. The number of carbonyl (C=O) groups is 1. The first-order chi connectivity index (χ1) is 14.8. The number of hydrogen-bond donors (Lipinski definition) is 1. The number of hydrogen-bond acceptors (Lipinski definition) is 3. The van der Waals surface area contributed by atoms with Crippen molar-refractivity contribution in [3.63, 3.8) is 0 Å². The Morgan fingerprint density at radius 2 is 1.52 bits per heavy atom. The van der Waals surface area contributed by atoms with E-state index in [1.54, 1.807) is 61.5 Å². The summed E-state index contributed by atoms with van der Waals surface area (Å²) in [6, 6.07) is 23.1. The number of benzene rings is 3. The Morgan fingerprint density at radius 3 is 2.06 bits per heavy atom. The van der Waals surface area contributed by atoms with Crippen LogP contribution in [0, 0.1) is 0 Å². The smallest absolute Gasteiger partial charge is 0.264 e. The van der Waals surface area contributed by atoms with Crippen molar-refractivity contribution in [3.05, 3.63) is 95.6 Å². The number of carbonyl (C=O) groups excluding carboxylic acids is 1. The van der Waals surface area contributed by atoms with Gasteiger partial charge in [0.05, 0.1) is 10.6 Å². The summed E-state index contributed by atoms with van der Waals surface area (Å²) in [4.78, 5) is 12.8. The maximum Gasteiger partial charge on any atom is 0.264 e. The van der Waals surface area contributed by atoms with Gasteiger partial charge in [-0.05, 0) is 60.4 Å². The molecule has 31 heavy (non-hydrogen) atoms. The van der Waals surface area contributed by atoms with Crippen LogP contribution in [-0.4, -0.2) is 20.9 Å². The monoisotopic (exact) mass is 436 g/mol. The van der Waals surface area contributed by atoms with Gasteiger partial charge in [0.25, 0.3) is 15.9 Å². The van der Waals surface area contributed by atoms with Crippen LogP contribution in [0.2, 0.25) is 0 Å². The van der Waals surface area contributed by atoms with Crippen LogP contribution in [-0.2, 0) is 16.6 Å². The first kappa shape index (κ1) is 22.6. The molecule has 1 amide bonds. The predicted molar refractivity (Wildman–Crippen MR) is 125 cm³/mol. The van der Waals surface area contributed by atoms with Crippen LogP contribution in [0.25, 0.3) is 0 Å². The second kappa shape index (κ2) is 9.79. The maximum atomic E-state index is 13.0. The molecule has 0 aliphatic carbocycles. The van der Waals surface area contributed by atoms with Crippen LogP contribution in [0.5, 0.6) is 0 Å². The van der Waals surface area contributed by atoms with Gasteiger partial charge in [0.1, 0.15) is 0 Å². The minimum atomic E-state index is -3.66. The summed E-state index contributed by atoms with van der Waals surface area (Å²) in [7, 11) is -3.66. The topological polar surface area (TPSA) is 66.5 Å². The summed E-state index contributed by atoms with van der Waals surface area (Å²) in [5.74, 6) is 0.268. The van der Waals surface area contributed by atoms with Crippen molar-refractivity contribution in [3.8, 4) is 0 Å². The maximum absolute atomic E-state index is 13.0. The van der Waals surface area contributed by atoms with Crippen molar-refractivity contribution < 1.29 is 13.2 Å². The molecule has 3 aromatic rings. The van der Waals surface area contributed by atoms with E-state index in [0.717, 1.165) is 5.56 Å². The molecule has 0 spiro atoms. The van der Waals surface area contributed by atoms with Crippen LogP contribution in [0.3, 0.4) is 0 Å². The predicted octanol–water partition coefficient (Wildman–Crippen LogP) is 4.96. The molecule has 0 aliphatic heterocycles. The van der Waals surface area contributed by atoms with E-state index in [1.165, 1.54) is 9.87 Å². The molecule has 0 saturated heterocycles. The highest BCUT2D eigenvalue weighted by atomic mass is 32.2. The van der Waals surface area contributed by atoms with Crippen LogP contribution in [0.4, 0.5) is 5.69 Å². The SMILES string of the molecule is CCN(c1ccc(C(=O)NCc2ccc(C(C)C)cc2)cc1)S(=O)(=O)c1ccccc1. The van der Waals surface area contributed by atoms with E-state index in [0.29, 0.717) is 23.7 Å². The van der Waals surface area contributed by atoms with Crippen molar-refractivity contribution >= 4 is 21.6 Å². The molecule has 0 unspecified atom stereocenters. The lowest BCUT2D eigenvalue weighted by molar-refractivity contribution is 0.0951. The zero-order valence-electron chi connectivity index (χ0n) is 18.1. The molecule has 0 heterocycles. The molecule has 0 radical (unpaired) electrons. The average molecular weight is 437 g/mol. The normalized spacial score (nSPS) is 11.4. The number of nitrogens with one attached hydrogen (secondary N) is 1. The highest BCUT2D eigenvalue weighted by molar-refractivity contribution is 7.92. The summed E-state index contributed by atoms with van der Waals surface area (Å²) in [5.41, 5.74) is 3.29. The van der Waals surface area contributed by atoms with E-state index >= 15 is 0 Å². The minimum Gasteiger partial charge on any atom is -0.348 e. The van der Waals surface area contributed by atoms with Gasteiger partial charge in [0, 0.05) is 18.7 Å². The van der Waals surface area contributed by atoms with Crippen molar-refractivity contribution in [1.29, 1.82) is 0 Å². The molecule has 0 atom stereocenters. The number of rotatable bonds is 8. The summed E-state index contributed by atoms with van der Waals surface area (Å²) in [6.45, 7) is 6.79. The third-order valence-electron chi connectivity index (χ3n) is 5.14. The molecule has 0 saturated carbocycles. The van der Waals surface area contributed by atoms with Crippen molar-refractivity contribution in [1.82, 2.24) is 5.32 Å². The Labute approximate surface area is 184 Å². The van der Waals surface area contributed by atoms with E-state index in [2.05, 4.69) is 31.3 Å². The molecule has 162 valence electrons.